The van der Waals surface area contributed by atoms with E-state index in [4.69, 9.17) is 4.74 Å². The van der Waals surface area contributed by atoms with Crippen LogP contribution in [-0.2, 0) is 21.1 Å². The first-order valence-corrected chi connectivity index (χ1v) is 9.57. The van der Waals surface area contributed by atoms with Crippen molar-refractivity contribution in [2.24, 2.45) is 0 Å². The zero-order valence-electron chi connectivity index (χ0n) is 13.6. The van der Waals surface area contributed by atoms with Crippen molar-refractivity contribution in [3.8, 4) is 16.9 Å². The van der Waals surface area contributed by atoms with Gasteiger partial charge in [-0.25, -0.2) is 8.42 Å². The molecule has 0 aliphatic carbocycles. The Kier molecular flexibility index (Phi) is 4.32. The Bertz CT molecular complexity index is 872. The molecule has 0 aromatic heterocycles. The van der Waals surface area contributed by atoms with Gasteiger partial charge in [0, 0.05) is 25.2 Å². The second-order valence-corrected chi connectivity index (χ2v) is 7.99. The van der Waals surface area contributed by atoms with Gasteiger partial charge in [0.25, 0.3) is 0 Å². The van der Waals surface area contributed by atoms with Crippen molar-refractivity contribution in [3.05, 3.63) is 48.0 Å². The van der Waals surface area contributed by atoms with E-state index in [-0.39, 0.29) is 12.0 Å². The van der Waals surface area contributed by atoms with E-state index in [1.54, 1.807) is 24.3 Å². The minimum atomic E-state index is -3.21. The van der Waals surface area contributed by atoms with Crippen molar-refractivity contribution in [3.63, 3.8) is 0 Å². The average molecular weight is 345 g/mol. The molecule has 1 N–H and O–H groups in total. The maximum atomic E-state index is 11.6. The zero-order chi connectivity index (χ0) is 17.3. The lowest BCUT2D eigenvalue weighted by molar-refractivity contribution is -0.119. The fraction of sp³-hybridized carbons (Fsp3) is 0.278. The molecule has 0 radical (unpaired) electrons. The summed E-state index contributed by atoms with van der Waals surface area (Å²) < 4.78 is 29.2. The van der Waals surface area contributed by atoms with Gasteiger partial charge in [-0.2, -0.15) is 0 Å². The Morgan fingerprint density at radius 1 is 1.21 bits per heavy atom. The Labute approximate surface area is 141 Å². The number of nitrogens with one attached hydrogen (secondary N) is 1. The van der Waals surface area contributed by atoms with E-state index in [0.29, 0.717) is 11.4 Å². The summed E-state index contributed by atoms with van der Waals surface area (Å²) in [5, 5.41) is 2.77. The Balaban J connectivity index is 1.87. The van der Waals surface area contributed by atoms with Crippen LogP contribution in [0, 0.1) is 0 Å². The average Bonchev–Trinajstić information content (AvgIpc) is 2.95. The van der Waals surface area contributed by atoms with Gasteiger partial charge in [0.05, 0.1) is 11.4 Å². The molecule has 1 aliphatic heterocycles. The second kappa shape index (κ2) is 6.28. The summed E-state index contributed by atoms with van der Waals surface area (Å²) in [5.41, 5.74) is 2.92. The molecule has 5 nitrogen and oxygen atoms in total. The number of hydrogen-bond donors (Lipinski definition) is 1. The third kappa shape index (κ3) is 3.43. The van der Waals surface area contributed by atoms with Crippen molar-refractivity contribution in [2.75, 3.05) is 12.8 Å². The molecule has 2 aromatic carbocycles. The standard InChI is InChI=1S/C18H19NO4S/c1-12(20)19-11-15-10-14-4-3-5-17(18(14)23-15)13-6-8-16(9-7-13)24(2,21)22/h3-9,15H,10-11H2,1-2H3,(H,19,20). The van der Waals surface area contributed by atoms with Gasteiger partial charge in [-0.3, -0.25) is 4.79 Å². The molecule has 0 fully saturated rings. The molecule has 24 heavy (non-hydrogen) atoms. The highest BCUT2D eigenvalue weighted by Gasteiger charge is 2.25. The molecule has 1 unspecified atom stereocenters. The van der Waals surface area contributed by atoms with E-state index < -0.39 is 9.84 Å². The first kappa shape index (κ1) is 16.5. The molecule has 0 saturated carbocycles. The molecular weight excluding hydrogens is 326 g/mol. The van der Waals surface area contributed by atoms with Gasteiger partial charge >= 0.3 is 0 Å². The lowest BCUT2D eigenvalue weighted by Crippen LogP contribution is -2.32. The van der Waals surface area contributed by atoms with Crippen LogP contribution in [0.25, 0.3) is 11.1 Å². The molecule has 1 atom stereocenters. The highest BCUT2D eigenvalue weighted by atomic mass is 32.2. The van der Waals surface area contributed by atoms with Crippen molar-refractivity contribution in [1.29, 1.82) is 0 Å². The molecule has 1 amide bonds. The maximum Gasteiger partial charge on any atom is 0.217 e. The number of hydrogen-bond acceptors (Lipinski definition) is 4. The van der Waals surface area contributed by atoms with Gasteiger partial charge in [-0.05, 0) is 23.3 Å². The molecule has 0 spiro atoms. The van der Waals surface area contributed by atoms with Crippen LogP contribution in [0.15, 0.2) is 47.4 Å². The second-order valence-electron chi connectivity index (χ2n) is 5.97. The third-order valence-electron chi connectivity index (χ3n) is 4.00. The first-order valence-electron chi connectivity index (χ1n) is 7.68. The molecule has 1 heterocycles. The highest BCUT2D eigenvalue weighted by molar-refractivity contribution is 7.90. The number of carbonyl (C=O) groups excluding carboxylic acids is 1. The molecule has 2 aromatic rings. The van der Waals surface area contributed by atoms with Crippen LogP contribution < -0.4 is 10.1 Å². The predicted molar refractivity (Wildman–Crippen MR) is 91.8 cm³/mol. The quantitative estimate of drug-likeness (QED) is 0.922. The summed E-state index contributed by atoms with van der Waals surface area (Å²) in [5.74, 6) is 0.728. The summed E-state index contributed by atoms with van der Waals surface area (Å²) in [6.45, 7) is 1.95. The van der Waals surface area contributed by atoms with E-state index in [1.807, 2.05) is 18.2 Å². The van der Waals surface area contributed by atoms with Crippen LogP contribution in [0.4, 0.5) is 0 Å². The van der Waals surface area contributed by atoms with Gasteiger partial charge in [0.1, 0.15) is 11.9 Å². The fourth-order valence-corrected chi connectivity index (χ4v) is 3.45. The molecule has 126 valence electrons. The van der Waals surface area contributed by atoms with Gasteiger partial charge in [-0.15, -0.1) is 0 Å². The Hall–Kier alpha value is -2.34. The monoisotopic (exact) mass is 345 g/mol. The van der Waals surface area contributed by atoms with Crippen LogP contribution in [0.2, 0.25) is 0 Å². The van der Waals surface area contributed by atoms with Crippen molar-refractivity contribution < 1.29 is 17.9 Å². The molecular formula is C18H19NO4S. The topological polar surface area (TPSA) is 72.5 Å². The van der Waals surface area contributed by atoms with Crippen LogP contribution in [-0.4, -0.2) is 33.2 Å². The number of fused-ring (bicyclic) bond motifs is 1. The van der Waals surface area contributed by atoms with Gasteiger partial charge in [0.15, 0.2) is 9.84 Å². The van der Waals surface area contributed by atoms with Crippen LogP contribution in [0.5, 0.6) is 5.75 Å². The lowest BCUT2D eigenvalue weighted by atomic mass is 10.0. The lowest BCUT2D eigenvalue weighted by Gasteiger charge is -2.13. The number of para-hydroxylation sites is 1. The molecule has 6 heteroatoms. The summed E-state index contributed by atoms with van der Waals surface area (Å²) in [4.78, 5) is 11.4. The van der Waals surface area contributed by atoms with E-state index in [9.17, 15) is 13.2 Å². The van der Waals surface area contributed by atoms with Crippen molar-refractivity contribution in [2.45, 2.75) is 24.3 Å². The molecule has 0 bridgehead atoms. The summed E-state index contributed by atoms with van der Waals surface area (Å²) in [6, 6.07) is 12.7. The van der Waals surface area contributed by atoms with Crippen molar-refractivity contribution in [1.82, 2.24) is 5.32 Å². The number of sulfone groups is 1. The van der Waals surface area contributed by atoms with Gasteiger partial charge < -0.3 is 10.1 Å². The number of ether oxygens (including phenoxy) is 1. The third-order valence-corrected chi connectivity index (χ3v) is 5.13. The number of benzene rings is 2. The smallest absolute Gasteiger partial charge is 0.217 e. The van der Waals surface area contributed by atoms with E-state index >= 15 is 0 Å². The summed E-state index contributed by atoms with van der Waals surface area (Å²) in [7, 11) is -3.21. The Morgan fingerprint density at radius 3 is 2.54 bits per heavy atom. The molecule has 3 rings (SSSR count). The van der Waals surface area contributed by atoms with E-state index in [0.717, 1.165) is 28.9 Å². The summed E-state index contributed by atoms with van der Waals surface area (Å²) in [6.07, 6.45) is 1.85. The fourth-order valence-electron chi connectivity index (χ4n) is 2.82. The highest BCUT2D eigenvalue weighted by Crippen LogP contribution is 2.38. The molecule has 1 aliphatic rings. The van der Waals surface area contributed by atoms with E-state index in [1.165, 1.54) is 13.2 Å². The van der Waals surface area contributed by atoms with Crippen LogP contribution in [0.1, 0.15) is 12.5 Å². The normalized spacial score (nSPS) is 16.3. The van der Waals surface area contributed by atoms with Crippen LogP contribution in [0.3, 0.4) is 0 Å². The van der Waals surface area contributed by atoms with Gasteiger partial charge in [0.2, 0.25) is 5.91 Å². The van der Waals surface area contributed by atoms with Gasteiger partial charge in [-0.1, -0.05) is 30.3 Å². The van der Waals surface area contributed by atoms with Crippen LogP contribution >= 0.6 is 0 Å². The first-order chi connectivity index (χ1) is 11.3. The Morgan fingerprint density at radius 2 is 1.92 bits per heavy atom. The number of carbonyl (C=O) groups is 1. The minimum absolute atomic E-state index is 0.0776. The number of rotatable bonds is 4. The van der Waals surface area contributed by atoms with E-state index in [2.05, 4.69) is 5.32 Å². The zero-order valence-corrected chi connectivity index (χ0v) is 14.4. The SMILES string of the molecule is CC(=O)NCC1Cc2cccc(-c3ccc(S(C)(=O)=O)cc3)c2O1. The van der Waals surface area contributed by atoms with Crippen molar-refractivity contribution >= 4 is 15.7 Å². The molecule has 0 saturated heterocycles. The number of amides is 1. The predicted octanol–water partition coefficient (Wildman–Crippen LogP) is 2.20. The maximum absolute atomic E-state index is 11.6. The largest absolute Gasteiger partial charge is 0.487 e. The summed E-state index contributed by atoms with van der Waals surface area (Å²) >= 11 is 0. The minimum Gasteiger partial charge on any atom is -0.487 e.